The third kappa shape index (κ3) is 1.46. The Kier molecular flexibility index (Phi) is 2.31. The van der Waals surface area contributed by atoms with Gasteiger partial charge in [0.2, 0.25) is 11.7 Å². The quantitative estimate of drug-likeness (QED) is 0.636. The van der Waals surface area contributed by atoms with E-state index in [1.807, 2.05) is 13.0 Å². The molecule has 0 unspecified atom stereocenters. The van der Waals surface area contributed by atoms with Crippen LogP contribution in [0.4, 0.5) is 0 Å². The molecule has 2 heterocycles. The number of benzene rings is 1. The van der Waals surface area contributed by atoms with Crippen molar-refractivity contribution in [3.8, 4) is 17.1 Å². The van der Waals surface area contributed by atoms with Gasteiger partial charge in [-0.05, 0) is 19.1 Å². The van der Waals surface area contributed by atoms with Crippen LogP contribution in [-0.4, -0.2) is 20.2 Å². The second-order valence-corrected chi connectivity index (χ2v) is 4.04. The molecule has 0 saturated carbocycles. The number of rotatable bonds is 2. The number of nitrogens with zero attached hydrogens (tertiary/aromatic N) is 2. The van der Waals surface area contributed by atoms with Gasteiger partial charge in [-0.1, -0.05) is 11.2 Å². The van der Waals surface area contributed by atoms with Crippen molar-refractivity contribution < 1.29 is 9.63 Å². The monoisotopic (exact) mass is 244 g/mol. The molecule has 18 heavy (non-hydrogen) atoms. The Bertz CT molecular complexity index is 714. The molecule has 4 N–H and O–H groups in total. The number of hydrogen-bond donors (Lipinski definition) is 3. The first-order valence-electron chi connectivity index (χ1n) is 5.54. The SMILES string of the molecule is Cc1[nH]c2cccc(O)c2c1-c1noc(CN)n1. The molecule has 0 amide bonds. The van der Waals surface area contributed by atoms with Crippen molar-refractivity contribution in [2.24, 2.45) is 5.73 Å². The fraction of sp³-hybridized carbons (Fsp3) is 0.167. The Morgan fingerprint density at radius 3 is 3.00 bits per heavy atom. The Hall–Kier alpha value is -2.34. The number of aromatic nitrogens is 3. The maximum Gasteiger partial charge on any atom is 0.240 e. The van der Waals surface area contributed by atoms with Gasteiger partial charge in [0.25, 0.3) is 0 Å². The van der Waals surface area contributed by atoms with Gasteiger partial charge in [-0.2, -0.15) is 4.98 Å². The fourth-order valence-corrected chi connectivity index (χ4v) is 2.08. The molecule has 1 aromatic carbocycles. The summed E-state index contributed by atoms with van der Waals surface area (Å²) in [5.41, 5.74) is 7.89. The lowest BCUT2D eigenvalue weighted by Crippen LogP contribution is -1.95. The number of hydrogen-bond acceptors (Lipinski definition) is 5. The lowest BCUT2D eigenvalue weighted by molar-refractivity contribution is 0.380. The van der Waals surface area contributed by atoms with Gasteiger partial charge < -0.3 is 20.3 Å². The zero-order valence-electron chi connectivity index (χ0n) is 9.77. The number of nitrogens with one attached hydrogen (secondary N) is 1. The minimum Gasteiger partial charge on any atom is -0.507 e. The van der Waals surface area contributed by atoms with Crippen molar-refractivity contribution in [1.29, 1.82) is 0 Å². The van der Waals surface area contributed by atoms with E-state index < -0.39 is 0 Å². The van der Waals surface area contributed by atoms with Crippen LogP contribution in [0.25, 0.3) is 22.3 Å². The lowest BCUT2D eigenvalue weighted by Gasteiger charge is -1.97. The molecule has 3 rings (SSSR count). The molecule has 2 aromatic heterocycles. The Morgan fingerprint density at radius 2 is 2.28 bits per heavy atom. The summed E-state index contributed by atoms with van der Waals surface area (Å²) in [6.45, 7) is 2.09. The van der Waals surface area contributed by atoms with Crippen LogP contribution < -0.4 is 5.73 Å². The van der Waals surface area contributed by atoms with Crippen LogP contribution in [0.15, 0.2) is 22.7 Å². The average Bonchev–Trinajstić information content (AvgIpc) is 2.92. The van der Waals surface area contributed by atoms with Gasteiger partial charge in [-0.3, -0.25) is 0 Å². The molecule has 6 heteroatoms. The molecule has 3 aromatic rings. The molecule has 0 bridgehead atoms. The Morgan fingerprint density at radius 1 is 1.44 bits per heavy atom. The molecular weight excluding hydrogens is 232 g/mol. The van der Waals surface area contributed by atoms with Crippen LogP contribution in [-0.2, 0) is 6.54 Å². The molecular formula is C12H12N4O2. The zero-order chi connectivity index (χ0) is 12.7. The van der Waals surface area contributed by atoms with Crippen molar-refractivity contribution in [3.05, 3.63) is 29.8 Å². The summed E-state index contributed by atoms with van der Waals surface area (Å²) < 4.78 is 5.00. The molecule has 0 radical (unpaired) electrons. The van der Waals surface area contributed by atoms with Gasteiger partial charge in [-0.25, -0.2) is 0 Å². The third-order valence-electron chi connectivity index (χ3n) is 2.86. The maximum atomic E-state index is 9.96. The number of nitrogens with two attached hydrogens (primary N) is 1. The molecule has 0 fully saturated rings. The van der Waals surface area contributed by atoms with Gasteiger partial charge in [-0.15, -0.1) is 0 Å². The largest absolute Gasteiger partial charge is 0.507 e. The van der Waals surface area contributed by atoms with Crippen molar-refractivity contribution in [1.82, 2.24) is 15.1 Å². The predicted octanol–water partition coefficient (Wildman–Crippen LogP) is 1.69. The van der Waals surface area contributed by atoms with Crippen LogP contribution in [0.1, 0.15) is 11.6 Å². The molecule has 0 aliphatic carbocycles. The van der Waals surface area contributed by atoms with Crippen LogP contribution in [0.2, 0.25) is 0 Å². The molecule has 6 nitrogen and oxygen atoms in total. The highest BCUT2D eigenvalue weighted by atomic mass is 16.5. The summed E-state index contributed by atoms with van der Waals surface area (Å²) in [5.74, 6) is 0.987. The molecule has 0 spiro atoms. The highest BCUT2D eigenvalue weighted by Gasteiger charge is 2.18. The third-order valence-corrected chi connectivity index (χ3v) is 2.86. The number of aryl methyl sites for hydroxylation is 1. The first-order chi connectivity index (χ1) is 8.70. The van der Waals surface area contributed by atoms with E-state index in [9.17, 15) is 5.11 Å². The van der Waals surface area contributed by atoms with Crippen molar-refractivity contribution in [3.63, 3.8) is 0 Å². The maximum absolute atomic E-state index is 9.96. The standard InChI is InChI=1S/C12H12N4O2/c1-6-10(12-15-9(5-13)18-16-12)11-7(14-6)3-2-4-8(11)17/h2-4,14,17H,5,13H2,1H3. The van der Waals surface area contributed by atoms with E-state index >= 15 is 0 Å². The van der Waals surface area contributed by atoms with Gasteiger partial charge in [0.15, 0.2) is 0 Å². The number of aromatic amines is 1. The lowest BCUT2D eigenvalue weighted by atomic mass is 10.1. The number of phenolic OH excluding ortho intramolecular Hbond substituents is 1. The van der Waals surface area contributed by atoms with Crippen LogP contribution in [0.5, 0.6) is 5.75 Å². The van der Waals surface area contributed by atoms with E-state index in [2.05, 4.69) is 15.1 Å². The number of phenols is 1. The van der Waals surface area contributed by atoms with Crippen molar-refractivity contribution >= 4 is 10.9 Å². The average molecular weight is 244 g/mol. The van der Waals surface area contributed by atoms with Gasteiger partial charge in [0.1, 0.15) is 5.75 Å². The first kappa shape index (κ1) is 10.8. The van der Waals surface area contributed by atoms with E-state index in [4.69, 9.17) is 10.3 Å². The summed E-state index contributed by atoms with van der Waals surface area (Å²) in [4.78, 5) is 7.37. The van der Waals surface area contributed by atoms with Crippen LogP contribution >= 0.6 is 0 Å². The Balaban J connectivity index is 2.30. The van der Waals surface area contributed by atoms with Crippen LogP contribution in [0, 0.1) is 6.92 Å². The summed E-state index contributed by atoms with van der Waals surface area (Å²) in [6.07, 6.45) is 0. The molecule has 0 aliphatic heterocycles. The summed E-state index contributed by atoms with van der Waals surface area (Å²) in [7, 11) is 0. The molecule has 0 aliphatic rings. The topological polar surface area (TPSA) is 101 Å². The van der Waals surface area contributed by atoms with Gasteiger partial charge in [0.05, 0.1) is 23.0 Å². The molecule has 92 valence electrons. The van der Waals surface area contributed by atoms with Crippen LogP contribution in [0.3, 0.4) is 0 Å². The van der Waals surface area contributed by atoms with E-state index in [1.54, 1.807) is 12.1 Å². The molecule has 0 saturated heterocycles. The van der Waals surface area contributed by atoms with Gasteiger partial charge >= 0.3 is 0 Å². The van der Waals surface area contributed by atoms with E-state index in [0.29, 0.717) is 17.1 Å². The van der Waals surface area contributed by atoms with Crippen molar-refractivity contribution in [2.45, 2.75) is 13.5 Å². The predicted molar refractivity (Wildman–Crippen MR) is 65.9 cm³/mol. The minimum atomic E-state index is 0.186. The summed E-state index contributed by atoms with van der Waals surface area (Å²) in [6, 6.07) is 5.29. The number of aromatic hydroxyl groups is 1. The van der Waals surface area contributed by atoms with E-state index in [-0.39, 0.29) is 12.3 Å². The van der Waals surface area contributed by atoms with Crippen molar-refractivity contribution in [2.75, 3.05) is 0 Å². The van der Waals surface area contributed by atoms with E-state index in [1.165, 1.54) is 0 Å². The zero-order valence-corrected chi connectivity index (χ0v) is 9.77. The smallest absolute Gasteiger partial charge is 0.240 e. The summed E-state index contributed by atoms with van der Waals surface area (Å²) >= 11 is 0. The second kappa shape index (κ2) is 3.85. The number of fused-ring (bicyclic) bond motifs is 1. The highest BCUT2D eigenvalue weighted by molar-refractivity contribution is 5.99. The second-order valence-electron chi connectivity index (χ2n) is 4.04. The summed E-state index contributed by atoms with van der Waals surface area (Å²) in [5, 5.41) is 14.5. The minimum absolute atomic E-state index is 0.186. The Labute approximate surface area is 102 Å². The van der Waals surface area contributed by atoms with Gasteiger partial charge in [0, 0.05) is 5.69 Å². The molecule has 0 atom stereocenters. The first-order valence-corrected chi connectivity index (χ1v) is 5.54. The number of H-pyrrole nitrogens is 1. The highest BCUT2D eigenvalue weighted by Crippen LogP contribution is 2.35. The van der Waals surface area contributed by atoms with E-state index in [0.717, 1.165) is 16.8 Å². The normalized spacial score (nSPS) is 11.2. The fourth-order valence-electron chi connectivity index (χ4n) is 2.08.